The number of benzene rings is 3. The first-order chi connectivity index (χ1) is 12.8. The fraction of sp³-hybridized carbons (Fsp3) is 0.0455. The van der Waals surface area contributed by atoms with Gasteiger partial charge in [0.05, 0.1) is 0 Å². The highest BCUT2D eigenvalue weighted by molar-refractivity contribution is 5.77. The van der Waals surface area contributed by atoms with Crippen LogP contribution in [0.5, 0.6) is 17.2 Å². The molecular formula is C22H16O4. The summed E-state index contributed by atoms with van der Waals surface area (Å²) in [5.41, 5.74) is 1.12. The molecule has 1 heterocycles. The maximum Gasteiger partial charge on any atom is 0.336 e. The Morgan fingerprint density at radius 2 is 1.54 bits per heavy atom. The van der Waals surface area contributed by atoms with E-state index in [2.05, 4.69) is 0 Å². The van der Waals surface area contributed by atoms with E-state index in [4.69, 9.17) is 13.9 Å². The van der Waals surface area contributed by atoms with Crippen molar-refractivity contribution in [2.24, 2.45) is 0 Å². The van der Waals surface area contributed by atoms with Gasteiger partial charge < -0.3 is 13.9 Å². The highest BCUT2D eigenvalue weighted by Crippen LogP contribution is 2.24. The third-order valence-electron chi connectivity index (χ3n) is 3.88. The molecule has 0 fully saturated rings. The summed E-state index contributed by atoms with van der Waals surface area (Å²) in [6.07, 6.45) is 0. The van der Waals surface area contributed by atoms with Crippen molar-refractivity contribution in [1.82, 2.24) is 0 Å². The summed E-state index contributed by atoms with van der Waals surface area (Å²) in [6, 6.07) is 25.9. The van der Waals surface area contributed by atoms with Gasteiger partial charge in [-0.1, -0.05) is 30.3 Å². The number of para-hydroxylation sites is 1. The van der Waals surface area contributed by atoms with Crippen LogP contribution in [0.2, 0.25) is 0 Å². The van der Waals surface area contributed by atoms with E-state index in [1.807, 2.05) is 66.7 Å². The van der Waals surface area contributed by atoms with Crippen LogP contribution in [0.3, 0.4) is 0 Å². The molecule has 128 valence electrons. The van der Waals surface area contributed by atoms with Crippen molar-refractivity contribution >= 4 is 11.0 Å². The van der Waals surface area contributed by atoms with Gasteiger partial charge >= 0.3 is 5.63 Å². The number of hydrogen-bond acceptors (Lipinski definition) is 4. The van der Waals surface area contributed by atoms with Crippen LogP contribution in [0.25, 0.3) is 11.0 Å². The van der Waals surface area contributed by atoms with Crippen LogP contribution >= 0.6 is 0 Å². The topological polar surface area (TPSA) is 48.7 Å². The molecule has 0 aliphatic heterocycles. The standard InChI is InChI=1S/C22H16O4/c23-22-12-10-17-9-11-19(14-21(17)26-22)24-15-16-5-4-8-20(13-16)25-18-6-2-1-3-7-18/h1-14H,15H2. The molecule has 0 saturated carbocycles. The Hall–Kier alpha value is -3.53. The largest absolute Gasteiger partial charge is 0.489 e. The molecule has 0 saturated heterocycles. The second-order valence-corrected chi connectivity index (χ2v) is 5.81. The van der Waals surface area contributed by atoms with Gasteiger partial charge in [0.1, 0.15) is 29.4 Å². The van der Waals surface area contributed by atoms with Crippen molar-refractivity contribution in [3.8, 4) is 17.2 Å². The Balaban J connectivity index is 1.48. The smallest absolute Gasteiger partial charge is 0.336 e. The zero-order chi connectivity index (χ0) is 17.8. The second-order valence-electron chi connectivity index (χ2n) is 5.81. The van der Waals surface area contributed by atoms with E-state index in [9.17, 15) is 4.79 Å². The summed E-state index contributed by atoms with van der Waals surface area (Å²) >= 11 is 0. The van der Waals surface area contributed by atoms with Gasteiger partial charge in [0.15, 0.2) is 0 Å². The molecule has 0 spiro atoms. The molecular weight excluding hydrogens is 328 g/mol. The Morgan fingerprint density at radius 3 is 2.42 bits per heavy atom. The molecule has 4 aromatic rings. The van der Waals surface area contributed by atoms with Crippen LogP contribution in [-0.2, 0) is 6.61 Å². The van der Waals surface area contributed by atoms with Gasteiger partial charge in [-0.2, -0.15) is 0 Å². The minimum absolute atomic E-state index is 0.375. The molecule has 4 rings (SSSR count). The quantitative estimate of drug-likeness (QED) is 0.469. The summed E-state index contributed by atoms with van der Waals surface area (Å²) in [5.74, 6) is 2.18. The van der Waals surface area contributed by atoms with Crippen LogP contribution in [0.1, 0.15) is 5.56 Å². The predicted molar refractivity (Wildman–Crippen MR) is 99.8 cm³/mol. The third kappa shape index (κ3) is 3.75. The van der Waals surface area contributed by atoms with Crippen molar-refractivity contribution in [3.63, 3.8) is 0 Å². The summed E-state index contributed by atoms with van der Waals surface area (Å²) in [7, 11) is 0. The summed E-state index contributed by atoms with van der Waals surface area (Å²) < 4.78 is 16.8. The molecule has 1 aromatic heterocycles. The summed E-state index contributed by atoms with van der Waals surface area (Å²) in [6.45, 7) is 0.383. The average Bonchev–Trinajstić information content (AvgIpc) is 2.67. The van der Waals surface area contributed by atoms with Crippen molar-refractivity contribution in [2.45, 2.75) is 6.61 Å². The number of ether oxygens (including phenoxy) is 2. The minimum atomic E-state index is -0.375. The number of hydrogen-bond donors (Lipinski definition) is 0. The van der Waals surface area contributed by atoms with Crippen LogP contribution in [-0.4, -0.2) is 0 Å². The monoisotopic (exact) mass is 344 g/mol. The number of rotatable bonds is 5. The van der Waals surface area contributed by atoms with E-state index in [-0.39, 0.29) is 5.63 Å². The average molecular weight is 344 g/mol. The van der Waals surface area contributed by atoms with E-state index >= 15 is 0 Å². The molecule has 0 aliphatic carbocycles. The Bertz CT molecular complexity index is 1080. The van der Waals surface area contributed by atoms with Gasteiger partial charge in [0, 0.05) is 17.5 Å². The first kappa shape index (κ1) is 16.0. The maximum atomic E-state index is 11.3. The van der Waals surface area contributed by atoms with E-state index in [1.165, 1.54) is 6.07 Å². The highest BCUT2D eigenvalue weighted by Gasteiger charge is 2.03. The lowest BCUT2D eigenvalue weighted by Crippen LogP contribution is -1.97. The van der Waals surface area contributed by atoms with Gasteiger partial charge in [-0.25, -0.2) is 4.79 Å². The second kappa shape index (κ2) is 7.15. The van der Waals surface area contributed by atoms with E-state index in [0.717, 1.165) is 22.4 Å². The van der Waals surface area contributed by atoms with Crippen molar-refractivity contribution < 1.29 is 13.9 Å². The highest BCUT2D eigenvalue weighted by atomic mass is 16.5. The molecule has 0 unspecified atom stereocenters. The lowest BCUT2D eigenvalue weighted by atomic mass is 10.2. The molecule has 4 nitrogen and oxygen atoms in total. The first-order valence-electron chi connectivity index (χ1n) is 8.25. The SMILES string of the molecule is O=c1ccc2ccc(OCc3cccc(Oc4ccccc4)c3)cc2o1. The summed E-state index contributed by atoms with van der Waals surface area (Å²) in [4.78, 5) is 11.3. The molecule has 0 amide bonds. The van der Waals surface area contributed by atoms with Crippen molar-refractivity contribution in [1.29, 1.82) is 0 Å². The fourth-order valence-electron chi connectivity index (χ4n) is 2.62. The maximum absolute atomic E-state index is 11.3. The molecule has 4 heteroatoms. The van der Waals surface area contributed by atoms with Crippen LogP contribution < -0.4 is 15.1 Å². The van der Waals surface area contributed by atoms with Crippen LogP contribution in [0.4, 0.5) is 0 Å². The Kier molecular flexibility index (Phi) is 4.39. The van der Waals surface area contributed by atoms with Gasteiger partial charge in [0.2, 0.25) is 0 Å². The van der Waals surface area contributed by atoms with Crippen LogP contribution in [0.15, 0.2) is 94.1 Å². The minimum Gasteiger partial charge on any atom is -0.489 e. The Morgan fingerprint density at radius 1 is 0.731 bits per heavy atom. The predicted octanol–water partition coefficient (Wildman–Crippen LogP) is 5.16. The van der Waals surface area contributed by atoms with Gasteiger partial charge in [-0.15, -0.1) is 0 Å². The normalized spacial score (nSPS) is 10.6. The van der Waals surface area contributed by atoms with E-state index < -0.39 is 0 Å². The molecule has 0 atom stereocenters. The summed E-state index contributed by atoms with van der Waals surface area (Å²) in [5, 5.41) is 0.857. The zero-order valence-electron chi connectivity index (χ0n) is 13.9. The lowest BCUT2D eigenvalue weighted by Gasteiger charge is -2.09. The molecule has 26 heavy (non-hydrogen) atoms. The fourth-order valence-corrected chi connectivity index (χ4v) is 2.62. The zero-order valence-corrected chi connectivity index (χ0v) is 13.9. The number of fused-ring (bicyclic) bond motifs is 1. The molecule has 0 aliphatic rings. The molecule has 0 radical (unpaired) electrons. The lowest BCUT2D eigenvalue weighted by molar-refractivity contribution is 0.305. The first-order valence-corrected chi connectivity index (χ1v) is 8.25. The van der Waals surface area contributed by atoms with Crippen molar-refractivity contribution in [3.05, 3.63) is 101 Å². The molecule has 0 N–H and O–H groups in total. The van der Waals surface area contributed by atoms with Gasteiger partial charge in [0.25, 0.3) is 0 Å². The Labute approximate surface area is 150 Å². The van der Waals surface area contributed by atoms with E-state index in [0.29, 0.717) is 17.9 Å². The van der Waals surface area contributed by atoms with Gasteiger partial charge in [-0.3, -0.25) is 0 Å². The van der Waals surface area contributed by atoms with Crippen molar-refractivity contribution in [2.75, 3.05) is 0 Å². The van der Waals surface area contributed by atoms with E-state index in [1.54, 1.807) is 12.1 Å². The van der Waals surface area contributed by atoms with Gasteiger partial charge in [-0.05, 0) is 48.0 Å². The third-order valence-corrected chi connectivity index (χ3v) is 3.88. The van der Waals surface area contributed by atoms with Crippen LogP contribution in [0, 0.1) is 0 Å². The molecule has 3 aromatic carbocycles. The molecule has 0 bridgehead atoms.